The number of allylic oxidation sites excluding steroid dienone is 6. The van der Waals surface area contributed by atoms with E-state index in [1.165, 1.54) is 19.9 Å². The number of hydrogen-bond donors (Lipinski definition) is 0. The summed E-state index contributed by atoms with van der Waals surface area (Å²) in [5.74, 6) is 1.17. The van der Waals surface area contributed by atoms with E-state index in [2.05, 4.69) is 60.1 Å². The van der Waals surface area contributed by atoms with Crippen molar-refractivity contribution >= 4 is 51.9 Å². The van der Waals surface area contributed by atoms with Crippen LogP contribution in [0.25, 0.3) is 16.6 Å². The van der Waals surface area contributed by atoms with Crippen molar-refractivity contribution in [3.05, 3.63) is 58.0 Å². The van der Waals surface area contributed by atoms with E-state index in [9.17, 15) is 0 Å². The van der Waals surface area contributed by atoms with Gasteiger partial charge in [0.15, 0.2) is 0 Å². The zero-order valence-corrected chi connectivity index (χ0v) is 15.7. The molecule has 0 fully saturated rings. The van der Waals surface area contributed by atoms with Crippen LogP contribution in [0.1, 0.15) is 31.6 Å². The minimum Gasteiger partial charge on any atom is -0.316 e. The van der Waals surface area contributed by atoms with E-state index in [1.54, 1.807) is 3.58 Å². The van der Waals surface area contributed by atoms with Crippen LogP contribution in [-0.4, -0.2) is 12.5 Å². The van der Waals surface area contributed by atoms with E-state index >= 15 is 0 Å². The summed E-state index contributed by atoms with van der Waals surface area (Å²) < 4.78 is 5.22. The van der Waals surface area contributed by atoms with Gasteiger partial charge in [-0.3, -0.25) is 0 Å². The Morgan fingerprint density at radius 3 is 3.04 bits per heavy atom. The van der Waals surface area contributed by atoms with Gasteiger partial charge in [-0.1, -0.05) is 68.8 Å². The molecule has 3 aliphatic rings. The highest BCUT2D eigenvalue weighted by Gasteiger charge is 2.44. The van der Waals surface area contributed by atoms with Gasteiger partial charge in [-0.25, -0.2) is 4.98 Å². The van der Waals surface area contributed by atoms with Crippen LogP contribution in [0.3, 0.4) is 0 Å². The van der Waals surface area contributed by atoms with Gasteiger partial charge in [0.1, 0.15) is 5.82 Å². The van der Waals surface area contributed by atoms with Crippen LogP contribution in [0.4, 0.5) is 0 Å². The third-order valence-corrected chi connectivity index (χ3v) is 9.25. The Morgan fingerprint density at radius 1 is 1.26 bits per heavy atom. The molecule has 0 saturated heterocycles. The second-order valence-corrected chi connectivity index (χ2v) is 10.5. The number of para-hydroxylation sites is 2. The molecule has 2 nitrogen and oxygen atoms in total. The van der Waals surface area contributed by atoms with E-state index in [4.69, 9.17) is 16.6 Å². The van der Waals surface area contributed by atoms with Gasteiger partial charge in [0.2, 0.25) is 0 Å². The molecular weight excluding hydrogens is 419 g/mol. The Labute approximate surface area is 150 Å². The van der Waals surface area contributed by atoms with Crippen molar-refractivity contribution in [2.24, 2.45) is 5.41 Å². The lowest BCUT2D eigenvalue weighted by Crippen LogP contribution is -2.34. The first-order valence-electron chi connectivity index (χ1n) is 7.91. The highest BCUT2D eigenvalue weighted by Crippen LogP contribution is 2.57. The summed E-state index contributed by atoms with van der Waals surface area (Å²) in [5, 5.41) is 0. The number of rotatable bonds is 0. The molecule has 4 heteroatoms. The lowest BCUT2D eigenvalue weighted by Gasteiger charge is -2.43. The number of benzene rings is 1. The normalized spacial score (nSPS) is 28.8. The van der Waals surface area contributed by atoms with Gasteiger partial charge < -0.3 is 4.57 Å². The molecule has 0 bridgehead atoms. The molecule has 0 amide bonds. The molecule has 1 unspecified atom stereocenters. The summed E-state index contributed by atoms with van der Waals surface area (Å²) in [5.41, 5.74) is 3.83. The number of fused-ring (bicyclic) bond motifs is 7. The van der Waals surface area contributed by atoms with Gasteiger partial charge >= 0.3 is 0 Å². The zero-order chi connectivity index (χ0) is 15.6. The van der Waals surface area contributed by atoms with Crippen molar-refractivity contribution in [2.75, 3.05) is 0 Å². The molecule has 3 heterocycles. The van der Waals surface area contributed by atoms with Crippen molar-refractivity contribution in [3.8, 4) is 0 Å². The van der Waals surface area contributed by atoms with Crippen LogP contribution in [-0.2, 0) is 0 Å². The maximum atomic E-state index is 6.50. The van der Waals surface area contributed by atoms with Crippen molar-refractivity contribution in [1.82, 2.24) is 9.55 Å². The van der Waals surface area contributed by atoms with Crippen LogP contribution >= 0.6 is 32.3 Å². The average Bonchev–Trinajstić information content (AvgIpc) is 2.94. The number of halogens is 2. The predicted molar refractivity (Wildman–Crippen MR) is 106 cm³/mol. The fourth-order valence-electron chi connectivity index (χ4n) is 3.99. The third-order valence-electron chi connectivity index (χ3n) is 5.10. The molecule has 2 aromatic rings. The minimum atomic E-state index is -0.238. The van der Waals surface area contributed by atoms with Gasteiger partial charge in [-0.2, -0.15) is 0 Å². The molecule has 0 spiro atoms. The van der Waals surface area contributed by atoms with Crippen LogP contribution in [0.2, 0.25) is 0 Å². The Balaban J connectivity index is 1.91. The smallest absolute Gasteiger partial charge is 0.138 e. The lowest BCUT2D eigenvalue weighted by atomic mass is 9.75. The van der Waals surface area contributed by atoms with Crippen molar-refractivity contribution in [1.29, 1.82) is 0 Å². The van der Waals surface area contributed by atoms with Gasteiger partial charge in [-0.05, 0) is 31.9 Å². The molecule has 23 heavy (non-hydrogen) atoms. The quantitative estimate of drug-likeness (QED) is 0.496. The van der Waals surface area contributed by atoms with Gasteiger partial charge in [0.05, 0.1) is 20.0 Å². The highest BCUT2D eigenvalue weighted by molar-refractivity contribution is 14.2. The molecule has 1 aromatic carbocycles. The van der Waals surface area contributed by atoms with E-state index in [-0.39, 0.29) is 26.1 Å². The van der Waals surface area contributed by atoms with Crippen LogP contribution in [0, 0.1) is 5.41 Å². The SMILES string of the molecule is C[C@]12C=CC=CC1n1c(nc3ccccc31)C1=C2I=C(Cl)CC1. The van der Waals surface area contributed by atoms with Gasteiger partial charge in [-0.15, -0.1) is 0 Å². The summed E-state index contributed by atoms with van der Waals surface area (Å²) in [7, 11) is 0. The molecule has 0 saturated carbocycles. The first-order valence-corrected chi connectivity index (χ1v) is 10.5. The molecule has 2 aliphatic heterocycles. The zero-order valence-electron chi connectivity index (χ0n) is 12.8. The summed E-state index contributed by atoms with van der Waals surface area (Å²) in [6.07, 6.45) is 11.1. The van der Waals surface area contributed by atoms with E-state index in [0.717, 1.165) is 18.4 Å². The molecule has 0 N–H and O–H groups in total. The van der Waals surface area contributed by atoms with Crippen molar-refractivity contribution in [3.63, 3.8) is 0 Å². The molecule has 5 rings (SSSR count). The van der Waals surface area contributed by atoms with Gasteiger partial charge in [0, 0.05) is 14.6 Å². The number of nitrogens with zero attached hydrogens (tertiary/aromatic N) is 2. The summed E-state index contributed by atoms with van der Waals surface area (Å²) >= 11 is 6.26. The second-order valence-electron chi connectivity index (χ2n) is 6.49. The van der Waals surface area contributed by atoms with Crippen molar-refractivity contribution < 1.29 is 0 Å². The second kappa shape index (κ2) is 4.90. The summed E-state index contributed by atoms with van der Waals surface area (Å²) in [6.45, 7) is 2.37. The van der Waals surface area contributed by atoms with Crippen LogP contribution in [0.15, 0.2) is 52.1 Å². The number of hydrogen-bond acceptors (Lipinski definition) is 1. The number of imidazole rings is 1. The van der Waals surface area contributed by atoms with E-state index in [1.807, 2.05) is 0 Å². The molecule has 1 aromatic heterocycles. The summed E-state index contributed by atoms with van der Waals surface area (Å²) in [6, 6.07) is 8.80. The Kier molecular flexibility index (Phi) is 3.02. The maximum absolute atomic E-state index is 6.50. The van der Waals surface area contributed by atoms with Crippen molar-refractivity contribution in [2.45, 2.75) is 25.8 Å². The fourth-order valence-corrected chi connectivity index (χ4v) is 7.61. The monoisotopic (exact) mass is 434 g/mol. The lowest BCUT2D eigenvalue weighted by molar-refractivity contribution is 0.371. The predicted octanol–water partition coefficient (Wildman–Crippen LogP) is 5.57. The van der Waals surface area contributed by atoms with Crippen LogP contribution in [0.5, 0.6) is 0 Å². The molecule has 1 aliphatic carbocycles. The standard InChI is InChI=1S/C19H16ClIN2/c1-19-11-5-4-8-15(19)23-14-7-3-2-6-13(14)22-18(23)12-9-10-16(20)21-17(12)19/h2-8,11,15H,9-10H2,1H3/t15?,19-/m0/s1. The van der Waals surface area contributed by atoms with Crippen LogP contribution < -0.4 is 0 Å². The topological polar surface area (TPSA) is 17.8 Å². The van der Waals surface area contributed by atoms with Gasteiger partial charge in [0.25, 0.3) is 0 Å². The molecule has 116 valence electrons. The largest absolute Gasteiger partial charge is 0.316 e. The summed E-state index contributed by atoms with van der Waals surface area (Å²) in [4.78, 5) is 5.00. The van der Waals surface area contributed by atoms with E-state index in [0.29, 0.717) is 6.04 Å². The molecule has 0 radical (unpaired) electrons. The maximum Gasteiger partial charge on any atom is 0.138 e. The Bertz CT molecular complexity index is 963. The highest BCUT2D eigenvalue weighted by atomic mass is 127. The minimum absolute atomic E-state index is 0.0361. The van der Waals surface area contributed by atoms with E-state index < -0.39 is 0 Å². The first-order chi connectivity index (χ1) is 11.2. The molecular formula is C19H16ClIN2. The first kappa shape index (κ1) is 14.2. The number of aromatic nitrogens is 2. The Hall–Kier alpha value is -1.20. The Morgan fingerprint density at radius 2 is 2.13 bits per heavy atom. The molecule has 2 atom stereocenters. The third kappa shape index (κ3) is 1.86. The fraction of sp³-hybridized carbons (Fsp3) is 0.263. The average molecular weight is 435 g/mol.